The molecule has 5 nitrogen and oxygen atoms in total. The van der Waals surface area contributed by atoms with Crippen molar-refractivity contribution in [3.05, 3.63) is 29.8 Å². The largest absolute Gasteiger partial charge is 0.378 e. The third-order valence-electron chi connectivity index (χ3n) is 4.12. The summed E-state index contributed by atoms with van der Waals surface area (Å²) in [6, 6.07) is 8.09. The van der Waals surface area contributed by atoms with Crippen molar-refractivity contribution in [3.63, 3.8) is 0 Å². The topological polar surface area (TPSA) is 49.9 Å². The van der Waals surface area contributed by atoms with Crippen molar-refractivity contribution in [2.75, 3.05) is 37.9 Å². The smallest absolute Gasteiger partial charge is 0.216 e. The highest BCUT2D eigenvalue weighted by atomic mass is 32.2. The van der Waals surface area contributed by atoms with Crippen molar-refractivity contribution in [3.8, 4) is 0 Å². The Kier molecular flexibility index (Phi) is 6.06. The Hall–Kier alpha value is -1.11. The van der Waals surface area contributed by atoms with Gasteiger partial charge >= 0.3 is 0 Å². The number of benzene rings is 1. The first-order chi connectivity index (χ1) is 10.8. The minimum absolute atomic E-state index is 0.0506. The molecule has 0 unspecified atom stereocenters. The molecule has 0 saturated carbocycles. The molecule has 1 saturated heterocycles. The molecule has 1 heterocycles. The molecule has 23 heavy (non-hydrogen) atoms. The zero-order valence-electron chi connectivity index (χ0n) is 14.5. The van der Waals surface area contributed by atoms with Gasteiger partial charge in [-0.25, -0.2) is 8.42 Å². The third kappa shape index (κ3) is 4.68. The number of ether oxygens (including phenoxy) is 1. The van der Waals surface area contributed by atoms with Gasteiger partial charge in [-0.2, -0.15) is 4.31 Å². The SMILES string of the molecule is CC(C)OCCS(=O)(=O)N1CCC[C@H]1c1cccc(N(C)C)c1. The maximum Gasteiger partial charge on any atom is 0.216 e. The zero-order valence-corrected chi connectivity index (χ0v) is 15.3. The second-order valence-electron chi connectivity index (χ2n) is 6.49. The average molecular weight is 340 g/mol. The summed E-state index contributed by atoms with van der Waals surface area (Å²) >= 11 is 0. The molecule has 0 aliphatic carbocycles. The molecule has 1 fully saturated rings. The second kappa shape index (κ2) is 7.64. The van der Waals surface area contributed by atoms with E-state index < -0.39 is 10.0 Å². The first-order valence-corrected chi connectivity index (χ1v) is 9.80. The highest BCUT2D eigenvalue weighted by Gasteiger charge is 2.34. The fraction of sp³-hybridized carbons (Fsp3) is 0.647. The molecule has 1 aromatic carbocycles. The van der Waals surface area contributed by atoms with Gasteiger partial charge in [-0.05, 0) is 44.4 Å². The lowest BCUT2D eigenvalue weighted by Gasteiger charge is -2.25. The van der Waals surface area contributed by atoms with Gasteiger partial charge < -0.3 is 9.64 Å². The lowest BCUT2D eigenvalue weighted by atomic mass is 10.0. The summed E-state index contributed by atoms with van der Waals surface area (Å²) in [7, 11) is 0.692. The van der Waals surface area contributed by atoms with Gasteiger partial charge in [-0.3, -0.25) is 0 Å². The van der Waals surface area contributed by atoms with Gasteiger partial charge in [0.15, 0.2) is 0 Å². The molecule has 6 heteroatoms. The number of hydrogen-bond donors (Lipinski definition) is 0. The van der Waals surface area contributed by atoms with Crippen LogP contribution < -0.4 is 4.90 Å². The van der Waals surface area contributed by atoms with E-state index in [1.807, 2.05) is 51.0 Å². The quantitative estimate of drug-likeness (QED) is 0.766. The normalized spacial score (nSPS) is 19.4. The Balaban J connectivity index is 2.15. The Bertz CT molecular complexity index is 614. The summed E-state index contributed by atoms with van der Waals surface area (Å²) in [4.78, 5) is 2.04. The van der Waals surface area contributed by atoms with Gasteiger partial charge in [0.1, 0.15) is 0 Å². The van der Waals surface area contributed by atoms with E-state index in [4.69, 9.17) is 4.74 Å². The van der Waals surface area contributed by atoms with E-state index in [0.29, 0.717) is 6.54 Å². The van der Waals surface area contributed by atoms with Gasteiger partial charge in [0.2, 0.25) is 10.0 Å². The van der Waals surface area contributed by atoms with Crippen LogP contribution in [0.1, 0.15) is 38.3 Å². The number of sulfonamides is 1. The van der Waals surface area contributed by atoms with Crippen molar-refractivity contribution in [1.29, 1.82) is 0 Å². The fourth-order valence-electron chi connectivity index (χ4n) is 2.92. The molecule has 0 radical (unpaired) electrons. The molecule has 0 amide bonds. The van der Waals surface area contributed by atoms with Crippen LogP contribution in [0.3, 0.4) is 0 Å². The molecule has 0 N–H and O–H groups in total. The van der Waals surface area contributed by atoms with E-state index in [1.165, 1.54) is 0 Å². The van der Waals surface area contributed by atoms with Crippen molar-refractivity contribution in [1.82, 2.24) is 4.31 Å². The van der Waals surface area contributed by atoms with E-state index in [2.05, 4.69) is 6.07 Å². The number of nitrogens with zero attached hydrogens (tertiary/aromatic N) is 2. The van der Waals surface area contributed by atoms with Crippen molar-refractivity contribution in [2.45, 2.75) is 38.8 Å². The van der Waals surface area contributed by atoms with Gasteiger partial charge in [-0.15, -0.1) is 0 Å². The van der Waals surface area contributed by atoms with Crippen LogP contribution in [0.25, 0.3) is 0 Å². The van der Waals surface area contributed by atoms with Crippen LogP contribution in [0.4, 0.5) is 5.69 Å². The van der Waals surface area contributed by atoms with Crippen LogP contribution in [-0.4, -0.2) is 51.8 Å². The van der Waals surface area contributed by atoms with Crippen LogP contribution >= 0.6 is 0 Å². The van der Waals surface area contributed by atoms with Gasteiger partial charge in [0.25, 0.3) is 0 Å². The highest BCUT2D eigenvalue weighted by Crippen LogP contribution is 2.35. The zero-order chi connectivity index (χ0) is 17.0. The molecule has 2 rings (SSSR count). The first-order valence-electron chi connectivity index (χ1n) is 8.19. The molecule has 0 bridgehead atoms. The molecular formula is C17H28N2O3S. The lowest BCUT2D eigenvalue weighted by Crippen LogP contribution is -2.34. The number of hydrogen-bond acceptors (Lipinski definition) is 4. The van der Waals surface area contributed by atoms with Crippen LogP contribution in [0.2, 0.25) is 0 Å². The predicted octanol–water partition coefficient (Wildman–Crippen LogP) is 2.64. The summed E-state index contributed by atoms with van der Waals surface area (Å²) in [5, 5.41) is 0. The van der Waals surface area contributed by atoms with E-state index in [9.17, 15) is 8.42 Å². The molecule has 1 aliphatic rings. The van der Waals surface area contributed by atoms with E-state index in [1.54, 1.807) is 4.31 Å². The average Bonchev–Trinajstić information content (AvgIpc) is 2.97. The monoisotopic (exact) mass is 340 g/mol. The molecule has 1 aliphatic heterocycles. The summed E-state index contributed by atoms with van der Waals surface area (Å²) < 4.78 is 32.4. The summed E-state index contributed by atoms with van der Waals surface area (Å²) in [6.07, 6.45) is 1.83. The second-order valence-corrected chi connectivity index (χ2v) is 8.53. The van der Waals surface area contributed by atoms with E-state index in [-0.39, 0.29) is 24.5 Å². The van der Waals surface area contributed by atoms with E-state index >= 15 is 0 Å². The molecule has 0 aromatic heterocycles. The van der Waals surface area contributed by atoms with Crippen LogP contribution in [-0.2, 0) is 14.8 Å². The minimum Gasteiger partial charge on any atom is -0.378 e. The number of anilines is 1. The third-order valence-corrected chi connectivity index (χ3v) is 5.96. The Morgan fingerprint density at radius 1 is 1.35 bits per heavy atom. The summed E-state index contributed by atoms with van der Waals surface area (Å²) in [6.45, 7) is 4.68. The fourth-order valence-corrected chi connectivity index (χ4v) is 4.49. The van der Waals surface area contributed by atoms with Crippen molar-refractivity contribution < 1.29 is 13.2 Å². The highest BCUT2D eigenvalue weighted by molar-refractivity contribution is 7.89. The lowest BCUT2D eigenvalue weighted by molar-refractivity contribution is 0.0906. The maximum absolute atomic E-state index is 12.7. The van der Waals surface area contributed by atoms with Crippen LogP contribution in [0.5, 0.6) is 0 Å². The Morgan fingerprint density at radius 2 is 2.09 bits per heavy atom. The van der Waals surface area contributed by atoms with Crippen LogP contribution in [0.15, 0.2) is 24.3 Å². The van der Waals surface area contributed by atoms with Crippen molar-refractivity contribution >= 4 is 15.7 Å². The minimum atomic E-state index is -3.29. The molecule has 1 aromatic rings. The first kappa shape index (κ1) is 18.2. The van der Waals surface area contributed by atoms with Gasteiger partial charge in [0.05, 0.1) is 18.5 Å². The van der Waals surface area contributed by atoms with Gasteiger partial charge in [0, 0.05) is 32.4 Å². The Morgan fingerprint density at radius 3 is 2.74 bits per heavy atom. The molecule has 130 valence electrons. The predicted molar refractivity (Wildman–Crippen MR) is 94.3 cm³/mol. The summed E-state index contributed by atoms with van der Waals surface area (Å²) in [5.41, 5.74) is 2.16. The molecular weight excluding hydrogens is 312 g/mol. The summed E-state index contributed by atoms with van der Waals surface area (Å²) in [5.74, 6) is 0.0506. The van der Waals surface area contributed by atoms with E-state index in [0.717, 1.165) is 24.1 Å². The molecule has 1 atom stereocenters. The molecule has 0 spiro atoms. The van der Waals surface area contributed by atoms with Gasteiger partial charge in [-0.1, -0.05) is 12.1 Å². The maximum atomic E-state index is 12.7. The van der Waals surface area contributed by atoms with Crippen LogP contribution in [0, 0.1) is 0 Å². The Labute approximate surface area is 140 Å². The number of rotatable bonds is 7. The standard InChI is InChI=1S/C17H28N2O3S/c1-14(2)22-11-12-23(20,21)19-10-6-9-17(19)15-7-5-8-16(13-15)18(3)4/h5,7-8,13-14,17H,6,9-12H2,1-4H3/t17-/m0/s1. The van der Waals surface area contributed by atoms with Crippen molar-refractivity contribution in [2.24, 2.45) is 0 Å².